The lowest BCUT2D eigenvalue weighted by atomic mass is 10.1. The van der Waals surface area contributed by atoms with Crippen LogP contribution in [0.5, 0.6) is 11.5 Å². The number of amides is 2. The highest BCUT2D eigenvalue weighted by molar-refractivity contribution is 7.14. The highest BCUT2D eigenvalue weighted by Crippen LogP contribution is 2.35. The van der Waals surface area contributed by atoms with Crippen LogP contribution in [0.25, 0.3) is 11.3 Å². The Labute approximate surface area is 165 Å². The minimum atomic E-state index is -0.519. The van der Waals surface area contributed by atoms with Gasteiger partial charge in [-0.1, -0.05) is 12.1 Å². The summed E-state index contributed by atoms with van der Waals surface area (Å²) >= 11 is 1.32. The molecule has 1 aromatic heterocycles. The molecule has 0 spiro atoms. The molecule has 142 valence electrons. The number of thiazole rings is 1. The van der Waals surface area contributed by atoms with E-state index in [0.717, 1.165) is 5.56 Å². The van der Waals surface area contributed by atoms with Crippen molar-refractivity contribution in [2.75, 3.05) is 17.7 Å². The zero-order chi connectivity index (χ0) is 19.7. The standard InChI is InChI=1S/C20H17N3O4S/c1-11-18(24)21-14-9-12(7-8-17(14)27-11)15-10-28-20(22-15)23-19(25)13-5-3-4-6-16(13)26-2/h3-11H,1-2H3,(H,21,24)(H,22,23,25)/t11-/m1/s1. The predicted molar refractivity (Wildman–Crippen MR) is 107 cm³/mol. The van der Waals surface area contributed by atoms with E-state index in [9.17, 15) is 9.59 Å². The molecule has 1 atom stereocenters. The molecular weight excluding hydrogens is 378 g/mol. The normalized spacial score (nSPS) is 15.2. The van der Waals surface area contributed by atoms with Crippen molar-refractivity contribution in [3.05, 3.63) is 53.4 Å². The first-order valence-corrected chi connectivity index (χ1v) is 9.45. The summed E-state index contributed by atoms with van der Waals surface area (Å²) in [5.41, 5.74) is 2.54. The number of ether oxygens (including phenoxy) is 2. The van der Waals surface area contributed by atoms with Crippen LogP contribution in [0.3, 0.4) is 0 Å². The Bertz CT molecular complexity index is 1060. The van der Waals surface area contributed by atoms with Gasteiger partial charge in [-0.15, -0.1) is 11.3 Å². The average molecular weight is 395 g/mol. The van der Waals surface area contributed by atoms with E-state index in [0.29, 0.717) is 33.6 Å². The van der Waals surface area contributed by atoms with Crippen molar-refractivity contribution >= 4 is 34.0 Å². The maximum absolute atomic E-state index is 12.5. The van der Waals surface area contributed by atoms with Crippen LogP contribution in [0.1, 0.15) is 17.3 Å². The Morgan fingerprint density at radius 3 is 2.93 bits per heavy atom. The Hall–Kier alpha value is -3.39. The van der Waals surface area contributed by atoms with Crippen molar-refractivity contribution in [1.29, 1.82) is 0 Å². The lowest BCUT2D eigenvalue weighted by molar-refractivity contribution is -0.122. The molecule has 0 radical (unpaired) electrons. The zero-order valence-corrected chi connectivity index (χ0v) is 16.0. The molecule has 0 unspecified atom stereocenters. The molecule has 0 fully saturated rings. The molecule has 8 heteroatoms. The van der Waals surface area contributed by atoms with E-state index in [1.807, 2.05) is 11.4 Å². The summed E-state index contributed by atoms with van der Waals surface area (Å²) in [6.07, 6.45) is -0.519. The quantitative estimate of drug-likeness (QED) is 0.702. The summed E-state index contributed by atoms with van der Waals surface area (Å²) in [6, 6.07) is 12.5. The second kappa shape index (κ2) is 7.32. The number of nitrogens with zero attached hydrogens (tertiary/aromatic N) is 1. The van der Waals surface area contributed by atoms with Gasteiger partial charge in [-0.05, 0) is 37.3 Å². The topological polar surface area (TPSA) is 89.5 Å². The van der Waals surface area contributed by atoms with Crippen LogP contribution in [-0.4, -0.2) is 30.0 Å². The molecule has 2 aromatic carbocycles. The Morgan fingerprint density at radius 1 is 1.29 bits per heavy atom. The van der Waals surface area contributed by atoms with Gasteiger partial charge in [-0.3, -0.25) is 14.9 Å². The van der Waals surface area contributed by atoms with Gasteiger partial charge in [-0.25, -0.2) is 4.98 Å². The molecule has 2 heterocycles. The maximum Gasteiger partial charge on any atom is 0.265 e. The fourth-order valence-electron chi connectivity index (χ4n) is 2.83. The van der Waals surface area contributed by atoms with Crippen molar-refractivity contribution in [2.24, 2.45) is 0 Å². The number of rotatable bonds is 4. The van der Waals surface area contributed by atoms with E-state index >= 15 is 0 Å². The number of nitrogens with one attached hydrogen (secondary N) is 2. The van der Waals surface area contributed by atoms with Gasteiger partial charge in [0, 0.05) is 10.9 Å². The van der Waals surface area contributed by atoms with Gasteiger partial charge in [0.15, 0.2) is 11.2 Å². The number of hydrogen-bond donors (Lipinski definition) is 2. The number of carbonyl (C=O) groups excluding carboxylic acids is 2. The first kappa shape index (κ1) is 18.0. The molecule has 0 bridgehead atoms. The van der Waals surface area contributed by atoms with Crippen molar-refractivity contribution in [3.63, 3.8) is 0 Å². The van der Waals surface area contributed by atoms with Gasteiger partial charge < -0.3 is 14.8 Å². The second-order valence-corrected chi connectivity index (χ2v) is 7.01. The van der Waals surface area contributed by atoms with Crippen LogP contribution in [0.2, 0.25) is 0 Å². The van der Waals surface area contributed by atoms with Gasteiger partial charge in [0.25, 0.3) is 11.8 Å². The van der Waals surface area contributed by atoms with Crippen LogP contribution < -0.4 is 20.1 Å². The largest absolute Gasteiger partial charge is 0.496 e. The summed E-state index contributed by atoms with van der Waals surface area (Å²) in [6.45, 7) is 1.70. The van der Waals surface area contributed by atoms with E-state index in [2.05, 4.69) is 15.6 Å². The number of para-hydroxylation sites is 1. The highest BCUT2D eigenvalue weighted by Gasteiger charge is 2.24. The zero-order valence-electron chi connectivity index (χ0n) is 15.2. The van der Waals surface area contributed by atoms with Crippen LogP contribution in [0, 0.1) is 0 Å². The Morgan fingerprint density at radius 2 is 2.11 bits per heavy atom. The average Bonchev–Trinajstić information content (AvgIpc) is 3.17. The smallest absolute Gasteiger partial charge is 0.265 e. The maximum atomic E-state index is 12.5. The van der Waals surface area contributed by atoms with E-state index in [4.69, 9.17) is 9.47 Å². The van der Waals surface area contributed by atoms with Gasteiger partial charge in [-0.2, -0.15) is 0 Å². The molecule has 1 aliphatic heterocycles. The van der Waals surface area contributed by atoms with Crippen LogP contribution in [-0.2, 0) is 4.79 Å². The second-order valence-electron chi connectivity index (χ2n) is 6.15. The third-order valence-corrected chi connectivity index (χ3v) is 5.04. The van der Waals surface area contributed by atoms with Crippen molar-refractivity contribution in [2.45, 2.75) is 13.0 Å². The molecule has 4 rings (SSSR count). The van der Waals surface area contributed by atoms with E-state index in [-0.39, 0.29) is 11.8 Å². The minimum absolute atomic E-state index is 0.187. The van der Waals surface area contributed by atoms with E-state index in [1.165, 1.54) is 18.4 Å². The minimum Gasteiger partial charge on any atom is -0.496 e. The summed E-state index contributed by atoms with van der Waals surface area (Å²) in [5.74, 6) is 0.637. The van der Waals surface area contributed by atoms with Crippen molar-refractivity contribution in [1.82, 2.24) is 4.98 Å². The van der Waals surface area contributed by atoms with Gasteiger partial charge in [0.05, 0.1) is 24.1 Å². The molecule has 0 aliphatic carbocycles. The van der Waals surface area contributed by atoms with Crippen LogP contribution in [0.4, 0.5) is 10.8 Å². The number of methoxy groups -OCH3 is 1. The number of hydrogen-bond acceptors (Lipinski definition) is 6. The first-order chi connectivity index (χ1) is 13.5. The fraction of sp³-hybridized carbons (Fsp3) is 0.150. The monoisotopic (exact) mass is 395 g/mol. The van der Waals surface area contributed by atoms with Gasteiger partial charge in [0.2, 0.25) is 0 Å². The van der Waals surface area contributed by atoms with E-state index < -0.39 is 6.10 Å². The first-order valence-electron chi connectivity index (χ1n) is 8.57. The third kappa shape index (κ3) is 3.41. The summed E-state index contributed by atoms with van der Waals surface area (Å²) in [7, 11) is 1.52. The third-order valence-electron chi connectivity index (χ3n) is 4.28. The number of fused-ring (bicyclic) bond motifs is 1. The highest BCUT2D eigenvalue weighted by atomic mass is 32.1. The number of anilines is 2. The number of aromatic nitrogens is 1. The van der Waals surface area contributed by atoms with E-state index in [1.54, 1.807) is 43.3 Å². The molecular formula is C20H17N3O4S. The van der Waals surface area contributed by atoms with Gasteiger partial charge >= 0.3 is 0 Å². The Kier molecular flexibility index (Phi) is 4.70. The lowest BCUT2D eigenvalue weighted by Crippen LogP contribution is -2.34. The number of carbonyl (C=O) groups is 2. The summed E-state index contributed by atoms with van der Waals surface area (Å²) < 4.78 is 10.8. The molecule has 3 aromatic rings. The molecule has 1 aliphatic rings. The molecule has 7 nitrogen and oxygen atoms in total. The SMILES string of the molecule is COc1ccccc1C(=O)Nc1nc(-c2ccc3c(c2)NC(=O)[C@@H](C)O3)cs1. The summed E-state index contributed by atoms with van der Waals surface area (Å²) in [4.78, 5) is 28.8. The predicted octanol–water partition coefficient (Wildman–Crippen LogP) is 3.79. The lowest BCUT2D eigenvalue weighted by Gasteiger charge is -2.23. The Balaban J connectivity index is 1.54. The van der Waals surface area contributed by atoms with Crippen LogP contribution >= 0.6 is 11.3 Å². The fourth-order valence-corrected chi connectivity index (χ4v) is 3.54. The molecule has 0 saturated carbocycles. The molecule has 0 saturated heterocycles. The molecule has 28 heavy (non-hydrogen) atoms. The molecule has 2 amide bonds. The summed E-state index contributed by atoms with van der Waals surface area (Å²) in [5, 5.41) is 7.92. The van der Waals surface area contributed by atoms with Gasteiger partial charge in [0.1, 0.15) is 11.5 Å². The van der Waals surface area contributed by atoms with Crippen LogP contribution in [0.15, 0.2) is 47.8 Å². The van der Waals surface area contributed by atoms with Crippen molar-refractivity contribution < 1.29 is 19.1 Å². The molecule has 2 N–H and O–H groups in total. The number of benzene rings is 2. The van der Waals surface area contributed by atoms with Crippen molar-refractivity contribution in [3.8, 4) is 22.8 Å².